The molecule has 98 valence electrons. The number of nitrogens with zero attached hydrogens (tertiary/aromatic N) is 1. The third-order valence-electron chi connectivity index (χ3n) is 3.61. The summed E-state index contributed by atoms with van der Waals surface area (Å²) in [5.41, 5.74) is 1.07. The van der Waals surface area contributed by atoms with Crippen LogP contribution >= 0.6 is 11.6 Å². The van der Waals surface area contributed by atoms with Gasteiger partial charge in [-0.3, -0.25) is 0 Å². The number of anilines is 1. The topological polar surface area (TPSA) is 40.5 Å². The highest BCUT2D eigenvalue weighted by Crippen LogP contribution is 2.31. The van der Waals surface area contributed by atoms with Gasteiger partial charge in [-0.1, -0.05) is 18.0 Å². The molecule has 0 bridgehead atoms. The van der Waals surface area contributed by atoms with Crippen LogP contribution in [-0.2, 0) is 0 Å². The van der Waals surface area contributed by atoms with Crippen molar-refractivity contribution in [2.75, 3.05) is 18.0 Å². The van der Waals surface area contributed by atoms with Gasteiger partial charge in [-0.15, -0.1) is 0 Å². The summed E-state index contributed by atoms with van der Waals surface area (Å²) >= 11 is 5.87. The van der Waals surface area contributed by atoms with Crippen LogP contribution in [0, 0.1) is 5.92 Å². The number of aromatic carboxylic acids is 1. The molecule has 0 aromatic heterocycles. The first-order valence-corrected chi connectivity index (χ1v) is 6.77. The van der Waals surface area contributed by atoms with Crippen molar-refractivity contribution >= 4 is 23.3 Å². The standard InChI is InChI=1S/C14H18ClNO2/c1-2-16(9-10-4-3-5-10)13-7-6-11(15)8-12(13)14(17)18/h6-8,10H,2-5,9H2,1H3,(H,17,18). The molecular formula is C14H18ClNO2. The molecule has 1 saturated carbocycles. The van der Waals surface area contributed by atoms with E-state index in [9.17, 15) is 9.90 Å². The Hall–Kier alpha value is -1.22. The number of rotatable bonds is 5. The van der Waals surface area contributed by atoms with Crippen LogP contribution in [0.1, 0.15) is 36.5 Å². The number of benzene rings is 1. The lowest BCUT2D eigenvalue weighted by Crippen LogP contribution is -2.33. The average molecular weight is 268 g/mol. The molecule has 0 aliphatic heterocycles. The molecule has 2 rings (SSSR count). The summed E-state index contributed by atoms with van der Waals surface area (Å²) in [5.74, 6) is -0.207. The van der Waals surface area contributed by atoms with Crippen molar-refractivity contribution in [3.05, 3.63) is 28.8 Å². The van der Waals surface area contributed by atoms with Crippen LogP contribution in [-0.4, -0.2) is 24.2 Å². The molecule has 1 N–H and O–H groups in total. The van der Waals surface area contributed by atoms with Crippen LogP contribution in [0.3, 0.4) is 0 Å². The van der Waals surface area contributed by atoms with Crippen molar-refractivity contribution in [2.24, 2.45) is 5.92 Å². The maximum atomic E-state index is 11.3. The zero-order chi connectivity index (χ0) is 13.1. The van der Waals surface area contributed by atoms with E-state index in [1.165, 1.54) is 25.3 Å². The Morgan fingerprint density at radius 2 is 2.22 bits per heavy atom. The van der Waals surface area contributed by atoms with Crippen molar-refractivity contribution in [1.29, 1.82) is 0 Å². The first-order chi connectivity index (χ1) is 8.61. The minimum Gasteiger partial charge on any atom is -0.478 e. The molecule has 0 amide bonds. The van der Waals surface area contributed by atoms with Gasteiger partial charge in [0.1, 0.15) is 0 Å². The first-order valence-electron chi connectivity index (χ1n) is 6.39. The maximum Gasteiger partial charge on any atom is 0.337 e. The molecule has 1 aromatic carbocycles. The van der Waals surface area contributed by atoms with E-state index in [0.717, 1.165) is 18.8 Å². The van der Waals surface area contributed by atoms with Gasteiger partial charge in [-0.25, -0.2) is 4.79 Å². The Kier molecular flexibility index (Phi) is 4.12. The van der Waals surface area contributed by atoms with E-state index in [1.807, 2.05) is 6.07 Å². The van der Waals surface area contributed by atoms with Crippen LogP contribution in [0.15, 0.2) is 18.2 Å². The van der Waals surface area contributed by atoms with Crippen LogP contribution in [0.4, 0.5) is 5.69 Å². The molecule has 0 radical (unpaired) electrons. The maximum absolute atomic E-state index is 11.3. The molecule has 1 aliphatic carbocycles. The van der Waals surface area contributed by atoms with E-state index in [4.69, 9.17) is 11.6 Å². The Labute approximate surface area is 112 Å². The van der Waals surface area contributed by atoms with Gasteiger partial charge in [0.05, 0.1) is 11.3 Å². The molecular weight excluding hydrogens is 250 g/mol. The van der Waals surface area contributed by atoms with Gasteiger partial charge in [-0.05, 0) is 43.9 Å². The number of carboxylic acids is 1. The zero-order valence-corrected chi connectivity index (χ0v) is 11.3. The zero-order valence-electron chi connectivity index (χ0n) is 10.5. The summed E-state index contributed by atoms with van der Waals surface area (Å²) in [6.45, 7) is 3.82. The molecule has 1 fully saturated rings. The number of hydrogen-bond acceptors (Lipinski definition) is 2. The lowest BCUT2D eigenvalue weighted by atomic mass is 9.85. The monoisotopic (exact) mass is 267 g/mol. The van der Waals surface area contributed by atoms with Gasteiger partial charge in [0.15, 0.2) is 0 Å². The average Bonchev–Trinajstić information content (AvgIpc) is 2.28. The molecule has 0 spiro atoms. The van der Waals surface area contributed by atoms with Crippen LogP contribution in [0.5, 0.6) is 0 Å². The molecule has 0 atom stereocenters. The van der Waals surface area contributed by atoms with E-state index in [2.05, 4.69) is 11.8 Å². The van der Waals surface area contributed by atoms with Crippen LogP contribution in [0.25, 0.3) is 0 Å². The molecule has 18 heavy (non-hydrogen) atoms. The number of carboxylic acid groups (broad SMARTS) is 1. The van der Waals surface area contributed by atoms with Crippen LogP contribution < -0.4 is 4.90 Å². The Morgan fingerprint density at radius 3 is 2.72 bits per heavy atom. The third-order valence-corrected chi connectivity index (χ3v) is 3.85. The summed E-state index contributed by atoms with van der Waals surface area (Å²) in [7, 11) is 0. The highest BCUT2D eigenvalue weighted by atomic mass is 35.5. The number of hydrogen-bond donors (Lipinski definition) is 1. The minimum atomic E-state index is -0.917. The number of halogens is 1. The molecule has 1 aliphatic rings. The molecule has 0 unspecified atom stereocenters. The lowest BCUT2D eigenvalue weighted by Gasteiger charge is -2.33. The highest BCUT2D eigenvalue weighted by molar-refractivity contribution is 6.31. The fraction of sp³-hybridized carbons (Fsp3) is 0.500. The van der Waals surface area contributed by atoms with Crippen molar-refractivity contribution in [3.8, 4) is 0 Å². The van der Waals surface area contributed by atoms with Gasteiger partial charge >= 0.3 is 5.97 Å². The van der Waals surface area contributed by atoms with Gasteiger partial charge in [0.2, 0.25) is 0 Å². The van der Waals surface area contributed by atoms with Crippen LogP contribution in [0.2, 0.25) is 5.02 Å². The normalized spacial score (nSPS) is 15.2. The van der Waals surface area contributed by atoms with Crippen molar-refractivity contribution < 1.29 is 9.90 Å². The molecule has 3 nitrogen and oxygen atoms in total. The smallest absolute Gasteiger partial charge is 0.337 e. The Bertz CT molecular complexity index is 443. The van der Waals surface area contributed by atoms with E-state index >= 15 is 0 Å². The van der Waals surface area contributed by atoms with Crippen molar-refractivity contribution in [3.63, 3.8) is 0 Å². The van der Waals surface area contributed by atoms with E-state index in [1.54, 1.807) is 6.07 Å². The summed E-state index contributed by atoms with van der Waals surface area (Å²) in [5, 5.41) is 9.72. The largest absolute Gasteiger partial charge is 0.478 e. The Balaban J connectivity index is 2.25. The highest BCUT2D eigenvalue weighted by Gasteiger charge is 2.22. The Morgan fingerprint density at radius 1 is 1.50 bits per heavy atom. The fourth-order valence-corrected chi connectivity index (χ4v) is 2.51. The second-order valence-electron chi connectivity index (χ2n) is 4.80. The summed E-state index contributed by atoms with van der Waals surface area (Å²) in [4.78, 5) is 13.4. The van der Waals surface area contributed by atoms with E-state index < -0.39 is 5.97 Å². The van der Waals surface area contributed by atoms with Crippen molar-refractivity contribution in [2.45, 2.75) is 26.2 Å². The van der Waals surface area contributed by atoms with Gasteiger partial charge in [0, 0.05) is 18.1 Å². The first kappa shape index (κ1) is 13.2. The minimum absolute atomic E-state index is 0.295. The van der Waals surface area contributed by atoms with Gasteiger partial charge < -0.3 is 10.0 Å². The molecule has 0 heterocycles. The SMILES string of the molecule is CCN(CC1CCC1)c1ccc(Cl)cc1C(=O)O. The van der Waals surface area contributed by atoms with E-state index in [0.29, 0.717) is 16.5 Å². The molecule has 0 saturated heterocycles. The molecule has 1 aromatic rings. The van der Waals surface area contributed by atoms with Gasteiger partial charge in [0.25, 0.3) is 0 Å². The fourth-order valence-electron chi connectivity index (χ4n) is 2.34. The third kappa shape index (κ3) is 2.78. The van der Waals surface area contributed by atoms with Crippen molar-refractivity contribution in [1.82, 2.24) is 0 Å². The predicted molar refractivity (Wildman–Crippen MR) is 73.6 cm³/mol. The number of carbonyl (C=O) groups is 1. The summed E-state index contributed by atoms with van der Waals surface area (Å²) in [6, 6.07) is 5.10. The van der Waals surface area contributed by atoms with Gasteiger partial charge in [-0.2, -0.15) is 0 Å². The second kappa shape index (κ2) is 5.61. The molecule has 4 heteroatoms. The van der Waals surface area contributed by atoms with E-state index in [-0.39, 0.29) is 0 Å². The predicted octanol–water partition coefficient (Wildman–Crippen LogP) is 3.66. The quantitative estimate of drug-likeness (QED) is 0.885. The summed E-state index contributed by atoms with van der Waals surface area (Å²) in [6.07, 6.45) is 3.81. The second-order valence-corrected chi connectivity index (χ2v) is 5.24. The lowest BCUT2D eigenvalue weighted by molar-refractivity contribution is 0.0697. The summed E-state index contributed by atoms with van der Waals surface area (Å²) < 4.78 is 0.